The number of halogens is 1. The van der Waals surface area contributed by atoms with Gasteiger partial charge in [0.1, 0.15) is 0 Å². The lowest BCUT2D eigenvalue weighted by atomic mass is 10.0. The minimum atomic E-state index is -0.893. The minimum absolute atomic E-state index is 0. The van der Waals surface area contributed by atoms with Crippen LogP contribution in [-0.4, -0.2) is 22.8 Å². The summed E-state index contributed by atoms with van der Waals surface area (Å²) in [5.41, 5.74) is 0. The lowest BCUT2D eigenvalue weighted by molar-refractivity contribution is -0.143. The average molecular weight is 183 g/mol. The lowest BCUT2D eigenvalue weighted by Gasteiger charge is -2.06. The third kappa shape index (κ3) is 6.13. The Morgan fingerprint density at radius 2 is 2.09 bits per heavy atom. The number of carboxylic acid groups (broad SMARTS) is 1. The Bertz CT molecular complexity index is 106. The number of hydrogen-bond donors (Lipinski definition) is 2. The van der Waals surface area contributed by atoms with E-state index in [9.17, 15) is 4.79 Å². The molecule has 0 aliphatic heterocycles. The van der Waals surface area contributed by atoms with Crippen LogP contribution in [0.25, 0.3) is 0 Å². The van der Waals surface area contributed by atoms with Crippen LogP contribution in [0.1, 0.15) is 26.2 Å². The standard InChI is InChI=1S/C7H14O3.ClH/c1-2-3-4-6(5-8)7(9)10;/h6,8H,2-5H2,1H3,(H,9,10);1H. The summed E-state index contributed by atoms with van der Waals surface area (Å²) < 4.78 is 0. The molecule has 0 saturated heterocycles. The molecule has 0 aromatic carbocycles. The number of aliphatic hydroxyl groups excluding tert-OH is 1. The molecule has 0 bridgehead atoms. The number of rotatable bonds is 5. The van der Waals surface area contributed by atoms with Gasteiger partial charge in [-0.25, -0.2) is 0 Å². The molecule has 0 saturated carbocycles. The van der Waals surface area contributed by atoms with Crippen molar-refractivity contribution < 1.29 is 15.0 Å². The highest BCUT2D eigenvalue weighted by Crippen LogP contribution is 2.07. The summed E-state index contributed by atoms with van der Waals surface area (Å²) in [5, 5.41) is 17.0. The fourth-order valence-electron chi connectivity index (χ4n) is 0.743. The largest absolute Gasteiger partial charge is 0.481 e. The van der Waals surface area contributed by atoms with Crippen molar-refractivity contribution in [1.29, 1.82) is 0 Å². The number of aliphatic carboxylic acids is 1. The van der Waals surface area contributed by atoms with Gasteiger partial charge in [-0.1, -0.05) is 19.8 Å². The van der Waals surface area contributed by atoms with Crippen molar-refractivity contribution in [2.45, 2.75) is 26.2 Å². The molecule has 1 atom stereocenters. The van der Waals surface area contributed by atoms with E-state index in [4.69, 9.17) is 10.2 Å². The van der Waals surface area contributed by atoms with Crippen molar-refractivity contribution in [2.75, 3.05) is 6.61 Å². The molecule has 2 N–H and O–H groups in total. The van der Waals surface area contributed by atoms with E-state index in [2.05, 4.69) is 0 Å². The number of unbranched alkanes of at least 4 members (excludes halogenated alkanes) is 1. The van der Waals surface area contributed by atoms with Crippen molar-refractivity contribution in [2.24, 2.45) is 5.92 Å². The molecule has 0 aliphatic carbocycles. The molecular weight excluding hydrogens is 168 g/mol. The van der Waals surface area contributed by atoms with E-state index >= 15 is 0 Å². The van der Waals surface area contributed by atoms with E-state index in [-0.39, 0.29) is 19.0 Å². The van der Waals surface area contributed by atoms with E-state index in [0.29, 0.717) is 6.42 Å². The fraction of sp³-hybridized carbons (Fsp3) is 0.857. The first kappa shape index (κ1) is 13.3. The molecule has 0 radical (unpaired) electrons. The van der Waals surface area contributed by atoms with E-state index in [1.807, 2.05) is 6.92 Å². The van der Waals surface area contributed by atoms with Gasteiger partial charge in [0.25, 0.3) is 0 Å². The summed E-state index contributed by atoms with van der Waals surface area (Å²) in [7, 11) is 0. The van der Waals surface area contributed by atoms with E-state index in [0.717, 1.165) is 12.8 Å². The van der Waals surface area contributed by atoms with E-state index in [1.54, 1.807) is 0 Å². The van der Waals surface area contributed by atoms with Crippen molar-refractivity contribution in [1.82, 2.24) is 0 Å². The molecule has 0 aromatic rings. The predicted octanol–water partition coefficient (Wildman–Crippen LogP) is 1.29. The maximum atomic E-state index is 10.3. The van der Waals surface area contributed by atoms with Gasteiger partial charge in [-0.15, -0.1) is 12.4 Å². The lowest BCUT2D eigenvalue weighted by Crippen LogP contribution is -2.17. The number of carboxylic acids is 1. The van der Waals surface area contributed by atoms with Crippen molar-refractivity contribution in [3.63, 3.8) is 0 Å². The smallest absolute Gasteiger partial charge is 0.308 e. The first-order valence-corrected chi connectivity index (χ1v) is 3.56. The van der Waals surface area contributed by atoms with Gasteiger partial charge in [-0.05, 0) is 6.42 Å². The van der Waals surface area contributed by atoms with Crippen LogP contribution in [0.15, 0.2) is 0 Å². The van der Waals surface area contributed by atoms with Crippen LogP contribution in [0.4, 0.5) is 0 Å². The Morgan fingerprint density at radius 3 is 2.36 bits per heavy atom. The van der Waals surface area contributed by atoms with Gasteiger partial charge in [0.2, 0.25) is 0 Å². The third-order valence-electron chi connectivity index (χ3n) is 1.48. The summed E-state index contributed by atoms with van der Waals surface area (Å²) in [6.07, 6.45) is 2.43. The molecule has 4 heteroatoms. The SMILES string of the molecule is CCCCC(CO)C(=O)O.Cl. The molecule has 1 unspecified atom stereocenters. The molecule has 0 amide bonds. The Morgan fingerprint density at radius 1 is 1.55 bits per heavy atom. The molecular formula is C7H15ClO3. The zero-order valence-electron chi connectivity index (χ0n) is 6.62. The van der Waals surface area contributed by atoms with Crippen LogP contribution in [-0.2, 0) is 4.79 Å². The quantitative estimate of drug-likeness (QED) is 0.674. The Balaban J connectivity index is 0. The first-order valence-electron chi connectivity index (χ1n) is 3.56. The molecule has 0 rings (SSSR count). The van der Waals surface area contributed by atoms with Crippen molar-refractivity contribution in [3.8, 4) is 0 Å². The molecule has 0 spiro atoms. The Labute approximate surface area is 72.8 Å². The number of carbonyl (C=O) groups is 1. The molecule has 0 aromatic heterocycles. The summed E-state index contributed by atoms with van der Waals surface area (Å²) in [6, 6.07) is 0. The maximum Gasteiger partial charge on any atom is 0.308 e. The average Bonchev–Trinajstić information content (AvgIpc) is 1.89. The Hall–Kier alpha value is -0.280. The van der Waals surface area contributed by atoms with Crippen molar-refractivity contribution in [3.05, 3.63) is 0 Å². The zero-order chi connectivity index (χ0) is 7.98. The zero-order valence-corrected chi connectivity index (χ0v) is 7.43. The molecule has 3 nitrogen and oxygen atoms in total. The second-order valence-electron chi connectivity index (χ2n) is 2.36. The third-order valence-corrected chi connectivity index (χ3v) is 1.48. The van der Waals surface area contributed by atoms with Gasteiger partial charge in [-0.3, -0.25) is 4.79 Å². The molecule has 0 aliphatic rings. The normalized spacial score (nSPS) is 11.8. The fourth-order valence-corrected chi connectivity index (χ4v) is 0.743. The summed E-state index contributed by atoms with van der Waals surface area (Å²) in [4.78, 5) is 10.3. The van der Waals surface area contributed by atoms with Gasteiger partial charge in [-0.2, -0.15) is 0 Å². The highest BCUT2D eigenvalue weighted by molar-refractivity contribution is 5.85. The van der Waals surface area contributed by atoms with E-state index < -0.39 is 11.9 Å². The van der Waals surface area contributed by atoms with Gasteiger partial charge in [0.05, 0.1) is 12.5 Å². The van der Waals surface area contributed by atoms with E-state index in [1.165, 1.54) is 0 Å². The molecule has 0 fully saturated rings. The van der Waals surface area contributed by atoms with Crippen LogP contribution >= 0.6 is 12.4 Å². The van der Waals surface area contributed by atoms with Crippen molar-refractivity contribution >= 4 is 18.4 Å². The summed E-state index contributed by atoms with van der Waals surface area (Å²) in [6.45, 7) is 1.76. The maximum absolute atomic E-state index is 10.3. The summed E-state index contributed by atoms with van der Waals surface area (Å²) >= 11 is 0. The summed E-state index contributed by atoms with van der Waals surface area (Å²) in [5.74, 6) is -1.45. The Kier molecular flexibility index (Phi) is 9.47. The first-order chi connectivity index (χ1) is 4.72. The number of aliphatic hydroxyl groups is 1. The minimum Gasteiger partial charge on any atom is -0.481 e. The monoisotopic (exact) mass is 182 g/mol. The van der Waals surface area contributed by atoms with Gasteiger partial charge in [0, 0.05) is 0 Å². The molecule has 0 heterocycles. The van der Waals surface area contributed by atoms with Gasteiger partial charge >= 0.3 is 5.97 Å². The topological polar surface area (TPSA) is 57.5 Å². The second-order valence-corrected chi connectivity index (χ2v) is 2.36. The molecule has 68 valence electrons. The highest BCUT2D eigenvalue weighted by Gasteiger charge is 2.14. The van der Waals surface area contributed by atoms with Crippen LogP contribution in [0.3, 0.4) is 0 Å². The van der Waals surface area contributed by atoms with Gasteiger partial charge < -0.3 is 10.2 Å². The van der Waals surface area contributed by atoms with Gasteiger partial charge in [0.15, 0.2) is 0 Å². The van der Waals surface area contributed by atoms with Crippen LogP contribution < -0.4 is 0 Å². The predicted molar refractivity (Wildman–Crippen MR) is 45.0 cm³/mol. The molecule has 11 heavy (non-hydrogen) atoms. The van der Waals surface area contributed by atoms with Crippen LogP contribution in [0, 0.1) is 5.92 Å². The highest BCUT2D eigenvalue weighted by atomic mass is 35.5. The van der Waals surface area contributed by atoms with Crippen LogP contribution in [0.2, 0.25) is 0 Å². The number of hydrogen-bond acceptors (Lipinski definition) is 2. The van der Waals surface area contributed by atoms with Crippen LogP contribution in [0.5, 0.6) is 0 Å². The second kappa shape index (κ2) is 7.82.